The average molecular weight is 299 g/mol. The number of piperidine rings is 2. The summed E-state index contributed by atoms with van der Waals surface area (Å²) in [6, 6.07) is 1.44. The Labute approximate surface area is 132 Å². The lowest BCUT2D eigenvalue weighted by atomic mass is 9.81. The molecule has 2 aliphatic heterocycles. The molecule has 2 saturated heterocycles. The largest absolute Gasteiger partial charge is 0.390 e. The van der Waals surface area contributed by atoms with E-state index >= 15 is 0 Å². The van der Waals surface area contributed by atoms with Gasteiger partial charge in [0.05, 0.1) is 5.60 Å². The van der Waals surface area contributed by atoms with E-state index in [4.69, 9.17) is 0 Å². The summed E-state index contributed by atoms with van der Waals surface area (Å²) >= 11 is 0. The van der Waals surface area contributed by atoms with Crippen LogP contribution < -0.4 is 0 Å². The molecule has 2 aliphatic rings. The van der Waals surface area contributed by atoms with Gasteiger partial charge in [0.1, 0.15) is 0 Å². The SMILES string of the molecule is CC.CC(C)N1CCC(N2CCC(O)(C(C)C)CC2)CC1. The first-order chi connectivity index (χ1) is 9.92. The summed E-state index contributed by atoms with van der Waals surface area (Å²) < 4.78 is 0. The Balaban J connectivity index is 0.00000106. The molecule has 0 bridgehead atoms. The van der Waals surface area contributed by atoms with Crippen LogP contribution >= 0.6 is 0 Å². The first-order valence-electron chi connectivity index (χ1n) is 9.13. The molecule has 0 saturated carbocycles. The summed E-state index contributed by atoms with van der Waals surface area (Å²) in [6.45, 7) is 17.5. The Bertz CT molecular complexity index is 275. The normalized spacial score (nSPS) is 25.0. The summed E-state index contributed by atoms with van der Waals surface area (Å²) in [4.78, 5) is 5.22. The van der Waals surface area contributed by atoms with Crippen molar-refractivity contribution >= 4 is 0 Å². The number of hydrogen-bond donors (Lipinski definition) is 1. The Morgan fingerprint density at radius 2 is 1.38 bits per heavy atom. The summed E-state index contributed by atoms with van der Waals surface area (Å²) in [5.41, 5.74) is -0.408. The maximum absolute atomic E-state index is 10.5. The zero-order valence-corrected chi connectivity index (χ0v) is 15.2. The van der Waals surface area contributed by atoms with Gasteiger partial charge in [0.15, 0.2) is 0 Å². The van der Waals surface area contributed by atoms with E-state index in [2.05, 4.69) is 37.5 Å². The number of aliphatic hydroxyl groups is 1. The van der Waals surface area contributed by atoms with Crippen LogP contribution in [-0.2, 0) is 0 Å². The van der Waals surface area contributed by atoms with Crippen LogP contribution in [0.3, 0.4) is 0 Å². The molecule has 3 nitrogen and oxygen atoms in total. The average Bonchev–Trinajstić information content (AvgIpc) is 2.50. The summed E-state index contributed by atoms with van der Waals surface area (Å²) in [6.07, 6.45) is 4.51. The van der Waals surface area contributed by atoms with Crippen LogP contribution in [0.15, 0.2) is 0 Å². The quantitative estimate of drug-likeness (QED) is 0.865. The Morgan fingerprint density at radius 3 is 1.76 bits per heavy atom. The molecule has 0 radical (unpaired) electrons. The van der Waals surface area contributed by atoms with Crippen molar-refractivity contribution in [2.24, 2.45) is 5.92 Å². The molecule has 126 valence electrons. The minimum Gasteiger partial charge on any atom is -0.390 e. The Kier molecular flexibility index (Phi) is 7.66. The van der Waals surface area contributed by atoms with Crippen LogP contribution in [-0.4, -0.2) is 58.8 Å². The first-order valence-corrected chi connectivity index (χ1v) is 9.13. The van der Waals surface area contributed by atoms with Crippen molar-refractivity contribution in [3.8, 4) is 0 Å². The molecule has 0 aromatic heterocycles. The van der Waals surface area contributed by atoms with Crippen LogP contribution in [0.5, 0.6) is 0 Å². The van der Waals surface area contributed by atoms with Crippen molar-refractivity contribution in [2.75, 3.05) is 26.2 Å². The number of nitrogens with zero attached hydrogens (tertiary/aromatic N) is 2. The van der Waals surface area contributed by atoms with Crippen LogP contribution in [0.2, 0.25) is 0 Å². The van der Waals surface area contributed by atoms with E-state index in [0.717, 1.165) is 32.0 Å². The van der Waals surface area contributed by atoms with E-state index in [-0.39, 0.29) is 0 Å². The lowest BCUT2D eigenvalue weighted by molar-refractivity contribution is -0.0684. The maximum Gasteiger partial charge on any atom is 0.0694 e. The fraction of sp³-hybridized carbons (Fsp3) is 1.00. The number of hydrogen-bond acceptors (Lipinski definition) is 3. The predicted octanol–water partition coefficient (Wildman–Crippen LogP) is 3.37. The van der Waals surface area contributed by atoms with Gasteiger partial charge in [0.25, 0.3) is 0 Å². The van der Waals surface area contributed by atoms with Crippen molar-refractivity contribution in [1.82, 2.24) is 9.80 Å². The molecule has 0 spiro atoms. The second kappa shape index (κ2) is 8.50. The second-order valence-corrected chi connectivity index (χ2v) is 7.16. The van der Waals surface area contributed by atoms with Crippen LogP contribution in [0, 0.1) is 5.92 Å². The zero-order chi connectivity index (χ0) is 16.0. The van der Waals surface area contributed by atoms with E-state index in [1.54, 1.807) is 0 Å². The van der Waals surface area contributed by atoms with Crippen molar-refractivity contribution in [3.05, 3.63) is 0 Å². The van der Waals surface area contributed by atoms with Gasteiger partial charge in [0.2, 0.25) is 0 Å². The van der Waals surface area contributed by atoms with Crippen LogP contribution in [0.4, 0.5) is 0 Å². The molecule has 2 fully saturated rings. The molecule has 3 heteroatoms. The zero-order valence-electron chi connectivity index (χ0n) is 15.2. The van der Waals surface area contributed by atoms with Gasteiger partial charge in [-0.2, -0.15) is 0 Å². The minimum absolute atomic E-state index is 0.387. The highest BCUT2D eigenvalue weighted by Crippen LogP contribution is 2.31. The van der Waals surface area contributed by atoms with Crippen LogP contribution in [0.1, 0.15) is 67.2 Å². The molecule has 0 unspecified atom stereocenters. The molecule has 0 aliphatic carbocycles. The predicted molar refractivity (Wildman–Crippen MR) is 91.7 cm³/mol. The Morgan fingerprint density at radius 1 is 0.905 bits per heavy atom. The monoisotopic (exact) mass is 298 g/mol. The summed E-state index contributed by atoms with van der Waals surface area (Å²) in [7, 11) is 0. The molecule has 2 rings (SSSR count). The molecule has 1 N–H and O–H groups in total. The molecule has 0 aromatic rings. The molecule has 0 aromatic carbocycles. The first kappa shape index (κ1) is 18.9. The van der Waals surface area contributed by atoms with Crippen LogP contribution in [0.25, 0.3) is 0 Å². The number of rotatable bonds is 3. The molecule has 0 atom stereocenters. The summed E-state index contributed by atoms with van der Waals surface area (Å²) in [5, 5.41) is 10.5. The third-order valence-electron chi connectivity index (χ3n) is 5.48. The van der Waals surface area contributed by atoms with E-state index in [1.807, 2.05) is 13.8 Å². The standard InChI is InChI=1S/C16H32N2O.C2H6/c1-13(2)16(19)7-11-18(12-8-16)15-5-9-17(10-6-15)14(3)4;1-2/h13-15,19H,5-12H2,1-4H3;1-2H3. The van der Waals surface area contributed by atoms with E-state index in [1.165, 1.54) is 25.9 Å². The van der Waals surface area contributed by atoms with E-state index in [9.17, 15) is 5.11 Å². The van der Waals surface area contributed by atoms with Crippen molar-refractivity contribution in [1.29, 1.82) is 0 Å². The fourth-order valence-electron chi connectivity index (χ4n) is 3.62. The molecular formula is C18H38N2O. The van der Waals surface area contributed by atoms with Crippen molar-refractivity contribution in [3.63, 3.8) is 0 Å². The van der Waals surface area contributed by atoms with Gasteiger partial charge in [-0.1, -0.05) is 27.7 Å². The van der Waals surface area contributed by atoms with E-state index in [0.29, 0.717) is 12.0 Å². The van der Waals surface area contributed by atoms with Gasteiger partial charge >= 0.3 is 0 Å². The van der Waals surface area contributed by atoms with Crippen molar-refractivity contribution < 1.29 is 5.11 Å². The summed E-state index contributed by atoms with van der Waals surface area (Å²) in [5.74, 6) is 0.387. The smallest absolute Gasteiger partial charge is 0.0694 e. The lowest BCUT2D eigenvalue weighted by Gasteiger charge is -2.46. The molecule has 0 amide bonds. The fourth-order valence-corrected chi connectivity index (χ4v) is 3.62. The number of likely N-dealkylation sites (tertiary alicyclic amines) is 2. The molecule has 21 heavy (non-hydrogen) atoms. The third-order valence-corrected chi connectivity index (χ3v) is 5.48. The Hall–Kier alpha value is -0.120. The van der Waals surface area contributed by atoms with Crippen molar-refractivity contribution in [2.45, 2.75) is 84.9 Å². The topological polar surface area (TPSA) is 26.7 Å². The highest BCUT2D eigenvalue weighted by molar-refractivity contribution is 4.91. The van der Waals surface area contributed by atoms with Gasteiger partial charge in [0, 0.05) is 25.2 Å². The molecular weight excluding hydrogens is 260 g/mol. The second-order valence-electron chi connectivity index (χ2n) is 7.16. The lowest BCUT2D eigenvalue weighted by Crippen LogP contribution is -2.53. The third kappa shape index (κ3) is 4.94. The van der Waals surface area contributed by atoms with E-state index < -0.39 is 5.60 Å². The van der Waals surface area contributed by atoms with Gasteiger partial charge in [-0.15, -0.1) is 0 Å². The molecule has 2 heterocycles. The highest BCUT2D eigenvalue weighted by atomic mass is 16.3. The van der Waals surface area contributed by atoms with Gasteiger partial charge in [-0.3, -0.25) is 0 Å². The van der Waals surface area contributed by atoms with Gasteiger partial charge < -0.3 is 14.9 Å². The van der Waals surface area contributed by atoms with Gasteiger partial charge in [-0.25, -0.2) is 0 Å². The van der Waals surface area contributed by atoms with Gasteiger partial charge in [-0.05, 0) is 58.5 Å². The maximum atomic E-state index is 10.5. The minimum atomic E-state index is -0.408. The highest BCUT2D eigenvalue weighted by Gasteiger charge is 2.37.